The Morgan fingerprint density at radius 1 is 0.912 bits per heavy atom. The Kier molecular flexibility index (Phi) is 9.61. The minimum atomic E-state index is -0.878. The highest BCUT2D eigenvalue weighted by Gasteiger charge is 2.23. The van der Waals surface area contributed by atoms with Gasteiger partial charge in [0.2, 0.25) is 0 Å². The molecule has 0 aliphatic carbocycles. The number of fused-ring (bicyclic) bond motifs is 1. The summed E-state index contributed by atoms with van der Waals surface area (Å²) in [7, 11) is 1.99. The molecule has 3 aromatic rings. The van der Waals surface area contributed by atoms with E-state index in [9.17, 15) is 9.59 Å². The van der Waals surface area contributed by atoms with Crippen LogP contribution in [0.5, 0.6) is 0 Å². The molecule has 0 aliphatic rings. The normalized spacial score (nSPS) is 12.2. The van der Waals surface area contributed by atoms with Crippen LogP contribution in [0.2, 0.25) is 10.0 Å². The highest BCUT2D eigenvalue weighted by atomic mass is 35.5. The number of carbonyl (C=O) groups excluding carboxylic acids is 1. The molecular formula is C28H33Cl2NO3. The van der Waals surface area contributed by atoms with Crippen LogP contribution in [0.4, 0.5) is 0 Å². The van der Waals surface area contributed by atoms with E-state index in [4.69, 9.17) is 28.3 Å². The second kappa shape index (κ2) is 12.4. The van der Waals surface area contributed by atoms with Crippen LogP contribution in [0.25, 0.3) is 10.9 Å². The van der Waals surface area contributed by atoms with Gasteiger partial charge >= 0.3 is 5.97 Å². The van der Waals surface area contributed by atoms with Crippen molar-refractivity contribution in [2.75, 3.05) is 0 Å². The maximum Gasteiger partial charge on any atom is 0.303 e. The molecule has 182 valence electrons. The summed E-state index contributed by atoms with van der Waals surface area (Å²) in [5.74, 6) is -1.10. The molecule has 1 heterocycles. The van der Waals surface area contributed by atoms with Crippen molar-refractivity contribution in [1.29, 1.82) is 0 Å². The molecule has 1 aromatic heterocycles. The number of nitrogens with zero attached hydrogens (tertiary/aromatic N) is 1. The molecule has 3 rings (SSSR count). The molecule has 2 aromatic carbocycles. The third-order valence-corrected chi connectivity index (χ3v) is 6.86. The van der Waals surface area contributed by atoms with Crippen molar-refractivity contribution in [2.45, 2.75) is 64.7 Å². The lowest BCUT2D eigenvalue weighted by atomic mass is 9.94. The SMILES string of the molecule is CC(CC(=O)O)CC(=O)c1c(CCCCCCCc2cccc(Cl)c2)n(C)c2ccc(Cl)cc12. The van der Waals surface area contributed by atoms with E-state index in [0.717, 1.165) is 66.6 Å². The van der Waals surface area contributed by atoms with Gasteiger partial charge in [0.25, 0.3) is 0 Å². The average molecular weight is 502 g/mol. The molecule has 0 bridgehead atoms. The van der Waals surface area contributed by atoms with Crippen molar-refractivity contribution in [1.82, 2.24) is 4.57 Å². The summed E-state index contributed by atoms with van der Waals surface area (Å²) < 4.78 is 2.10. The first-order valence-electron chi connectivity index (χ1n) is 12.0. The molecule has 0 amide bonds. The number of unbranched alkanes of at least 4 members (excludes halogenated alkanes) is 4. The van der Waals surface area contributed by atoms with Gasteiger partial charge in [-0.2, -0.15) is 0 Å². The predicted molar refractivity (Wildman–Crippen MR) is 140 cm³/mol. The highest BCUT2D eigenvalue weighted by Crippen LogP contribution is 2.31. The van der Waals surface area contributed by atoms with Gasteiger partial charge < -0.3 is 9.67 Å². The molecule has 0 spiro atoms. The summed E-state index contributed by atoms with van der Waals surface area (Å²) in [6, 6.07) is 13.7. The number of hydrogen-bond donors (Lipinski definition) is 1. The monoisotopic (exact) mass is 501 g/mol. The van der Waals surface area contributed by atoms with Gasteiger partial charge in [0.05, 0.1) is 0 Å². The lowest BCUT2D eigenvalue weighted by molar-refractivity contribution is -0.137. The number of benzene rings is 2. The van der Waals surface area contributed by atoms with Crippen LogP contribution in [0, 0.1) is 5.92 Å². The first-order chi connectivity index (χ1) is 16.3. The first kappa shape index (κ1) is 26.3. The van der Waals surface area contributed by atoms with Gasteiger partial charge in [-0.25, -0.2) is 0 Å². The standard InChI is InChI=1S/C28H33Cl2NO3/c1-19(16-27(33)34)15-26(32)28-23-18-22(30)13-14-24(23)31(2)25(28)12-7-5-3-4-6-9-20-10-8-11-21(29)17-20/h8,10-11,13-14,17-19H,3-7,9,12,15-16H2,1-2H3,(H,33,34). The number of rotatable bonds is 13. The molecule has 0 saturated heterocycles. The summed E-state index contributed by atoms with van der Waals surface area (Å²) in [6.07, 6.45) is 7.60. The van der Waals surface area contributed by atoms with Crippen LogP contribution in [0.3, 0.4) is 0 Å². The van der Waals surface area contributed by atoms with Crippen molar-refractivity contribution in [3.05, 3.63) is 69.3 Å². The van der Waals surface area contributed by atoms with Gasteiger partial charge in [-0.15, -0.1) is 0 Å². The van der Waals surface area contributed by atoms with Crippen LogP contribution in [0.15, 0.2) is 42.5 Å². The Hall–Kier alpha value is -2.30. The van der Waals surface area contributed by atoms with Crippen molar-refractivity contribution < 1.29 is 14.7 Å². The molecular weight excluding hydrogens is 469 g/mol. The summed E-state index contributed by atoms with van der Waals surface area (Å²) in [5, 5.41) is 11.3. The van der Waals surface area contributed by atoms with Crippen molar-refractivity contribution in [3.8, 4) is 0 Å². The lowest BCUT2D eigenvalue weighted by Gasteiger charge is -2.11. The van der Waals surface area contributed by atoms with Gasteiger partial charge in [-0.1, -0.05) is 61.5 Å². The van der Waals surface area contributed by atoms with Gasteiger partial charge in [-0.05, 0) is 67.5 Å². The Balaban J connectivity index is 1.62. The predicted octanol–water partition coefficient (Wildman–Crippen LogP) is 7.90. The number of carboxylic acids is 1. The van der Waals surface area contributed by atoms with Crippen molar-refractivity contribution in [2.24, 2.45) is 13.0 Å². The molecule has 0 radical (unpaired) electrons. The zero-order valence-corrected chi connectivity index (χ0v) is 21.5. The van der Waals surface area contributed by atoms with Crippen LogP contribution in [0.1, 0.15) is 73.5 Å². The molecule has 0 saturated carbocycles. The summed E-state index contributed by atoms with van der Waals surface area (Å²) >= 11 is 12.3. The van der Waals surface area contributed by atoms with Crippen LogP contribution in [-0.2, 0) is 24.7 Å². The van der Waals surface area contributed by atoms with Gasteiger partial charge in [0.1, 0.15) is 0 Å². The minimum Gasteiger partial charge on any atom is -0.481 e. The second-order valence-electron chi connectivity index (χ2n) is 9.27. The van der Waals surface area contributed by atoms with E-state index in [-0.39, 0.29) is 24.5 Å². The molecule has 4 nitrogen and oxygen atoms in total. The van der Waals surface area contributed by atoms with Crippen molar-refractivity contribution in [3.63, 3.8) is 0 Å². The summed E-state index contributed by atoms with van der Waals surface area (Å²) in [5.41, 5.74) is 3.99. The maximum absolute atomic E-state index is 13.3. The molecule has 1 unspecified atom stereocenters. The molecule has 34 heavy (non-hydrogen) atoms. The van der Waals surface area contributed by atoms with E-state index in [1.165, 1.54) is 5.56 Å². The first-order valence-corrected chi connectivity index (χ1v) is 12.8. The average Bonchev–Trinajstić information content (AvgIpc) is 3.03. The zero-order valence-electron chi connectivity index (χ0n) is 19.9. The highest BCUT2D eigenvalue weighted by molar-refractivity contribution is 6.31. The quantitative estimate of drug-likeness (QED) is 0.191. The van der Waals surface area contributed by atoms with Crippen LogP contribution >= 0.6 is 23.2 Å². The second-order valence-corrected chi connectivity index (χ2v) is 10.1. The Morgan fingerprint density at radius 2 is 1.59 bits per heavy atom. The fourth-order valence-electron chi connectivity index (χ4n) is 4.71. The van der Waals surface area contributed by atoms with Gasteiger partial charge in [-0.3, -0.25) is 9.59 Å². The zero-order chi connectivity index (χ0) is 24.7. The smallest absolute Gasteiger partial charge is 0.303 e. The molecule has 0 aliphatic heterocycles. The van der Waals surface area contributed by atoms with Gasteiger partial charge in [0.15, 0.2) is 5.78 Å². The van der Waals surface area contributed by atoms with E-state index in [2.05, 4.69) is 10.6 Å². The van der Waals surface area contributed by atoms with Gasteiger partial charge in [0, 0.05) is 52.1 Å². The summed E-state index contributed by atoms with van der Waals surface area (Å²) in [4.78, 5) is 24.3. The lowest BCUT2D eigenvalue weighted by Crippen LogP contribution is -2.12. The van der Waals surface area contributed by atoms with E-state index in [1.54, 1.807) is 0 Å². The largest absolute Gasteiger partial charge is 0.481 e. The number of aromatic nitrogens is 1. The fraction of sp³-hybridized carbons (Fsp3) is 0.429. The maximum atomic E-state index is 13.3. The number of aryl methyl sites for hydroxylation is 2. The summed E-state index contributed by atoms with van der Waals surface area (Å²) in [6.45, 7) is 1.81. The molecule has 0 fully saturated rings. The third-order valence-electron chi connectivity index (χ3n) is 6.39. The third kappa shape index (κ3) is 7.10. The topological polar surface area (TPSA) is 59.3 Å². The number of carbonyl (C=O) groups is 2. The van der Waals surface area contributed by atoms with E-state index < -0.39 is 5.97 Å². The minimum absolute atomic E-state index is 0.00172. The fourth-order valence-corrected chi connectivity index (χ4v) is 5.09. The molecule has 6 heteroatoms. The molecule has 1 N–H and O–H groups in total. The van der Waals surface area contributed by atoms with E-state index in [0.29, 0.717) is 10.6 Å². The van der Waals surface area contributed by atoms with E-state index in [1.807, 2.05) is 50.4 Å². The number of Topliss-reactive ketones (excluding diaryl/α,β-unsaturated/α-hetero) is 1. The Bertz CT molecular complexity index is 1150. The number of carboxylic acid groups (broad SMARTS) is 1. The van der Waals surface area contributed by atoms with E-state index >= 15 is 0 Å². The number of hydrogen-bond acceptors (Lipinski definition) is 2. The Labute approximate surface area is 211 Å². The Morgan fingerprint density at radius 3 is 2.29 bits per heavy atom. The number of aliphatic carboxylic acids is 1. The van der Waals surface area contributed by atoms with Crippen molar-refractivity contribution >= 4 is 45.9 Å². The molecule has 1 atom stereocenters. The van der Waals surface area contributed by atoms with Crippen LogP contribution in [-0.4, -0.2) is 21.4 Å². The van der Waals surface area contributed by atoms with Crippen LogP contribution < -0.4 is 0 Å². The number of halogens is 2. The number of ketones is 1.